The van der Waals surface area contributed by atoms with Gasteiger partial charge in [-0.3, -0.25) is 18.7 Å². The van der Waals surface area contributed by atoms with Crippen molar-refractivity contribution in [3.63, 3.8) is 0 Å². The highest BCUT2D eigenvalue weighted by atomic mass is 32.2. The summed E-state index contributed by atoms with van der Waals surface area (Å²) in [4.78, 5) is 20.2. The highest BCUT2D eigenvalue weighted by Crippen LogP contribution is 2.36. The Hall–Kier alpha value is -2.22. The van der Waals surface area contributed by atoms with Crippen LogP contribution >= 0.6 is 0 Å². The zero-order valence-corrected chi connectivity index (χ0v) is 13.9. The maximum absolute atomic E-state index is 11.2. The molecule has 1 rings (SSSR count). The third-order valence-corrected chi connectivity index (χ3v) is 4.35. The lowest BCUT2D eigenvalue weighted by Crippen LogP contribution is -2.23. The number of phenolic OH excluding ortho intramolecular Hbond substituents is 1. The molecule has 1 aromatic carbocycles. The lowest BCUT2D eigenvalue weighted by atomic mass is 10.1. The van der Waals surface area contributed by atoms with Gasteiger partial charge in [0.15, 0.2) is 23.4 Å². The fourth-order valence-corrected chi connectivity index (χ4v) is 2.79. The first-order chi connectivity index (χ1) is 10.7. The minimum atomic E-state index is -5.07. The Bertz CT molecular complexity index is 918. The molecular weight excluding hydrogens is 368 g/mol. The van der Waals surface area contributed by atoms with Crippen molar-refractivity contribution in [1.29, 1.82) is 0 Å². The van der Waals surface area contributed by atoms with E-state index in [1.807, 2.05) is 0 Å². The second-order valence-electron chi connectivity index (χ2n) is 4.58. The number of ketones is 2. The second-order valence-corrected chi connectivity index (χ2v) is 7.39. The molecule has 0 unspecified atom stereocenters. The molecule has 0 aliphatic heterocycles. The van der Waals surface area contributed by atoms with Crippen molar-refractivity contribution in [2.24, 2.45) is 10.2 Å². The van der Waals surface area contributed by atoms with E-state index in [2.05, 4.69) is 10.2 Å². The summed E-state index contributed by atoms with van der Waals surface area (Å²) in [5.74, 6) is -2.59. The van der Waals surface area contributed by atoms with Gasteiger partial charge in [-0.15, -0.1) is 0 Å². The van der Waals surface area contributed by atoms with Gasteiger partial charge in [-0.05, 0) is 26.0 Å². The quantitative estimate of drug-likeness (QED) is 0.359. The minimum Gasteiger partial charge on any atom is -0.504 e. The Kier molecular flexibility index (Phi) is 5.55. The molecule has 0 aliphatic rings. The predicted octanol–water partition coefficient (Wildman–Crippen LogP) is 0.516. The monoisotopic (exact) mass is 380 g/mol. The van der Waals surface area contributed by atoms with Crippen LogP contribution < -0.4 is 0 Å². The van der Waals surface area contributed by atoms with Gasteiger partial charge in [-0.25, -0.2) is 0 Å². The number of hydrogen-bond acceptors (Lipinski definition) is 9. The molecule has 0 bridgehead atoms. The normalized spacial score (nSPS) is 12.7. The highest BCUT2D eigenvalue weighted by molar-refractivity contribution is 7.86. The van der Waals surface area contributed by atoms with Gasteiger partial charge in [-0.1, -0.05) is 0 Å². The summed E-state index contributed by atoms with van der Waals surface area (Å²) in [7, 11) is -9.99. The van der Waals surface area contributed by atoms with Crippen molar-refractivity contribution < 1.29 is 40.6 Å². The molecular formula is C11H12N2O9S2. The van der Waals surface area contributed by atoms with Gasteiger partial charge in [0.25, 0.3) is 20.2 Å². The van der Waals surface area contributed by atoms with Crippen molar-refractivity contribution in [3.05, 3.63) is 12.1 Å². The average molecular weight is 380 g/mol. The zero-order valence-electron chi connectivity index (χ0n) is 12.2. The van der Waals surface area contributed by atoms with Crippen LogP contribution in [0.2, 0.25) is 0 Å². The molecule has 3 N–H and O–H groups in total. The van der Waals surface area contributed by atoms with Crippen LogP contribution in [-0.4, -0.2) is 48.7 Å². The topological polar surface area (TPSA) is 188 Å². The maximum atomic E-state index is 11.2. The molecule has 0 spiro atoms. The van der Waals surface area contributed by atoms with Crippen LogP contribution in [0.3, 0.4) is 0 Å². The summed E-state index contributed by atoms with van der Waals surface area (Å²) in [6.07, 6.45) is 0. The van der Waals surface area contributed by atoms with Crippen molar-refractivity contribution in [3.8, 4) is 5.75 Å². The first-order valence-corrected chi connectivity index (χ1v) is 8.87. The van der Waals surface area contributed by atoms with Crippen LogP contribution in [0, 0.1) is 0 Å². The first kappa shape index (κ1) is 19.8. The number of carbonyl (C=O) groups is 2. The number of aromatic hydroxyl groups is 1. The Morgan fingerprint density at radius 1 is 1.00 bits per heavy atom. The van der Waals surface area contributed by atoms with Gasteiger partial charge in [0.05, 0.1) is 4.90 Å². The summed E-state index contributed by atoms with van der Waals surface area (Å²) in [5, 5.41) is 16.4. The predicted molar refractivity (Wildman–Crippen MR) is 77.4 cm³/mol. The van der Waals surface area contributed by atoms with Gasteiger partial charge in [0.1, 0.15) is 10.6 Å². The van der Waals surface area contributed by atoms with Crippen LogP contribution in [-0.2, 0) is 29.8 Å². The summed E-state index contributed by atoms with van der Waals surface area (Å²) in [5.41, 5.74) is -0.801. The molecule has 0 radical (unpaired) electrons. The van der Waals surface area contributed by atoms with Crippen LogP contribution in [0.15, 0.2) is 32.2 Å². The smallest absolute Gasteiger partial charge is 0.298 e. The van der Waals surface area contributed by atoms with Crippen molar-refractivity contribution >= 4 is 37.5 Å². The standard InChI is InChI=1S/C11H12N2O9S2/c1-5(14)10(6(2)15)13-12-8-3-7(23(17,18)19)4-9(11(8)16)24(20,21)22/h3-4,10,16H,1-2H3,(H,17,18,19)(H,20,21,22). The van der Waals surface area contributed by atoms with Crippen LogP contribution in [0.5, 0.6) is 5.75 Å². The zero-order chi connectivity index (χ0) is 18.9. The van der Waals surface area contributed by atoms with Gasteiger partial charge in [0, 0.05) is 0 Å². The number of phenols is 1. The molecule has 0 aromatic heterocycles. The fourth-order valence-electron chi connectivity index (χ4n) is 1.56. The van der Waals surface area contributed by atoms with E-state index in [1.165, 1.54) is 0 Å². The lowest BCUT2D eigenvalue weighted by Gasteiger charge is -2.07. The molecule has 24 heavy (non-hydrogen) atoms. The summed E-state index contributed by atoms with van der Waals surface area (Å²) >= 11 is 0. The van der Waals surface area contributed by atoms with E-state index in [1.54, 1.807) is 0 Å². The van der Waals surface area contributed by atoms with Crippen molar-refractivity contribution in [2.45, 2.75) is 29.7 Å². The molecule has 0 saturated carbocycles. The van der Waals surface area contributed by atoms with E-state index in [0.717, 1.165) is 13.8 Å². The molecule has 0 saturated heterocycles. The number of carbonyl (C=O) groups excluding carboxylic acids is 2. The largest absolute Gasteiger partial charge is 0.504 e. The number of hydrogen-bond donors (Lipinski definition) is 3. The molecule has 132 valence electrons. The van der Waals surface area contributed by atoms with E-state index in [9.17, 15) is 31.5 Å². The Balaban J connectivity index is 3.64. The van der Waals surface area contributed by atoms with Crippen LogP contribution in [0.4, 0.5) is 5.69 Å². The molecule has 11 nitrogen and oxygen atoms in total. The van der Waals surface area contributed by atoms with Crippen LogP contribution in [0.1, 0.15) is 13.8 Å². The third-order valence-electron chi connectivity index (χ3n) is 2.66. The summed E-state index contributed by atoms with van der Waals surface area (Å²) in [6.45, 7) is 2.06. The number of benzene rings is 1. The second kappa shape index (κ2) is 6.72. The Labute approximate surface area is 136 Å². The third kappa shape index (κ3) is 4.64. The van der Waals surface area contributed by atoms with Crippen LogP contribution in [0.25, 0.3) is 0 Å². The molecule has 13 heteroatoms. The van der Waals surface area contributed by atoms with E-state index >= 15 is 0 Å². The van der Waals surface area contributed by atoms with Crippen molar-refractivity contribution in [1.82, 2.24) is 0 Å². The van der Waals surface area contributed by atoms with Gasteiger partial charge < -0.3 is 5.11 Å². The highest BCUT2D eigenvalue weighted by Gasteiger charge is 2.25. The molecule has 0 amide bonds. The first-order valence-electron chi connectivity index (χ1n) is 5.99. The number of nitrogens with zero attached hydrogens (tertiary/aromatic N) is 2. The average Bonchev–Trinajstić information content (AvgIpc) is 2.37. The van der Waals surface area contributed by atoms with Gasteiger partial charge in [-0.2, -0.15) is 27.1 Å². The van der Waals surface area contributed by atoms with Gasteiger partial charge >= 0.3 is 0 Å². The summed E-state index contributed by atoms with van der Waals surface area (Å²) < 4.78 is 62.6. The van der Waals surface area contributed by atoms with E-state index < -0.39 is 59.1 Å². The Morgan fingerprint density at radius 3 is 1.88 bits per heavy atom. The fraction of sp³-hybridized carbons (Fsp3) is 0.273. The van der Waals surface area contributed by atoms with E-state index in [-0.39, 0.29) is 0 Å². The lowest BCUT2D eigenvalue weighted by molar-refractivity contribution is -0.126. The van der Waals surface area contributed by atoms with Crippen molar-refractivity contribution in [2.75, 3.05) is 0 Å². The molecule has 0 fully saturated rings. The molecule has 0 aliphatic carbocycles. The molecule has 0 atom stereocenters. The molecule has 0 heterocycles. The number of Topliss-reactive ketones (excluding diaryl/α,β-unsaturated/α-hetero) is 2. The number of rotatable bonds is 6. The van der Waals surface area contributed by atoms with E-state index in [0.29, 0.717) is 12.1 Å². The minimum absolute atomic E-state index is 0.298. The maximum Gasteiger partial charge on any atom is 0.298 e. The SMILES string of the molecule is CC(=O)C(N=Nc1cc(S(=O)(=O)O)cc(S(=O)(=O)O)c1O)C(C)=O. The van der Waals surface area contributed by atoms with E-state index in [4.69, 9.17) is 9.11 Å². The Morgan fingerprint density at radius 2 is 1.50 bits per heavy atom. The van der Waals surface area contributed by atoms with Gasteiger partial charge in [0.2, 0.25) is 0 Å². The summed E-state index contributed by atoms with van der Waals surface area (Å²) in [6, 6.07) is -0.708. The molecule has 1 aromatic rings. The number of azo groups is 1.